The fourth-order valence-corrected chi connectivity index (χ4v) is 3.59. The zero-order chi connectivity index (χ0) is 19.0. The van der Waals surface area contributed by atoms with Crippen molar-refractivity contribution in [2.45, 2.75) is 6.61 Å². The highest BCUT2D eigenvalue weighted by atomic mass is 32.1. The summed E-state index contributed by atoms with van der Waals surface area (Å²) in [5, 5.41) is 19.6. The summed E-state index contributed by atoms with van der Waals surface area (Å²) in [5.74, 6) is -2.06. The number of hydrogen-bond acceptors (Lipinski definition) is 6. The summed E-state index contributed by atoms with van der Waals surface area (Å²) in [6.07, 6.45) is 0. The predicted molar refractivity (Wildman–Crippen MR) is 99.6 cm³/mol. The van der Waals surface area contributed by atoms with Gasteiger partial charge in [-0.3, -0.25) is 0 Å². The van der Waals surface area contributed by atoms with Gasteiger partial charge in [0.1, 0.15) is 23.1 Å². The van der Waals surface area contributed by atoms with Crippen molar-refractivity contribution in [3.63, 3.8) is 0 Å². The third-order valence-corrected chi connectivity index (χ3v) is 4.94. The van der Waals surface area contributed by atoms with E-state index in [2.05, 4.69) is 9.97 Å². The highest BCUT2D eigenvalue weighted by molar-refractivity contribution is 7.18. The molecule has 4 aromatic rings. The van der Waals surface area contributed by atoms with Crippen LogP contribution in [0.2, 0.25) is 0 Å². The van der Waals surface area contributed by atoms with Crippen molar-refractivity contribution in [2.75, 3.05) is 0 Å². The summed E-state index contributed by atoms with van der Waals surface area (Å²) in [5.41, 5.74) is 0.726. The minimum Gasteiger partial charge on any atom is -0.486 e. The van der Waals surface area contributed by atoms with Crippen LogP contribution < -0.4 is 4.74 Å². The van der Waals surface area contributed by atoms with Crippen molar-refractivity contribution in [1.29, 1.82) is 0 Å². The van der Waals surface area contributed by atoms with Crippen LogP contribution in [0.25, 0.3) is 21.1 Å². The Kier molecular flexibility index (Phi) is 4.17. The van der Waals surface area contributed by atoms with Crippen molar-refractivity contribution in [1.82, 2.24) is 9.97 Å². The Morgan fingerprint density at radius 3 is 2.52 bits per heavy atom. The molecule has 0 amide bonds. The largest absolute Gasteiger partial charge is 0.486 e. The van der Waals surface area contributed by atoms with Gasteiger partial charge in [-0.05, 0) is 36.4 Å². The van der Waals surface area contributed by atoms with Gasteiger partial charge in [0.2, 0.25) is 0 Å². The first-order valence-electron chi connectivity index (χ1n) is 7.90. The van der Waals surface area contributed by atoms with E-state index in [0.717, 1.165) is 21.3 Å². The number of thiazole rings is 1. The number of ether oxygens (including phenoxy) is 1. The highest BCUT2D eigenvalue weighted by Crippen LogP contribution is 2.26. The lowest BCUT2D eigenvalue weighted by Crippen LogP contribution is -2.06. The molecular weight excluding hydrogens is 368 g/mol. The van der Waals surface area contributed by atoms with Crippen LogP contribution in [0, 0.1) is 0 Å². The van der Waals surface area contributed by atoms with Gasteiger partial charge in [-0.2, -0.15) is 0 Å². The van der Waals surface area contributed by atoms with Gasteiger partial charge in [0, 0.05) is 5.39 Å². The molecule has 0 bridgehead atoms. The number of nitrogens with zero attached hydrogens (tertiary/aromatic N) is 2. The third kappa shape index (κ3) is 3.30. The molecule has 2 aromatic carbocycles. The van der Waals surface area contributed by atoms with Crippen LogP contribution in [0.5, 0.6) is 5.75 Å². The lowest BCUT2D eigenvalue weighted by molar-refractivity contribution is 0.0691. The first kappa shape index (κ1) is 16.9. The van der Waals surface area contributed by atoms with Gasteiger partial charge in [0.25, 0.3) is 0 Å². The lowest BCUT2D eigenvalue weighted by atomic mass is 10.1. The average Bonchev–Trinajstić information content (AvgIpc) is 3.08. The van der Waals surface area contributed by atoms with Gasteiger partial charge >= 0.3 is 11.9 Å². The van der Waals surface area contributed by atoms with E-state index in [1.165, 1.54) is 11.3 Å². The molecule has 27 heavy (non-hydrogen) atoms. The van der Waals surface area contributed by atoms with Gasteiger partial charge in [-0.15, -0.1) is 11.3 Å². The first-order chi connectivity index (χ1) is 13.0. The smallest absolute Gasteiger partial charge is 0.354 e. The minimum absolute atomic E-state index is 0.136. The Labute approximate surface area is 156 Å². The number of carboxylic acids is 2. The molecule has 8 heteroatoms. The molecule has 0 aliphatic heterocycles. The van der Waals surface area contributed by atoms with E-state index in [-0.39, 0.29) is 23.4 Å². The maximum atomic E-state index is 11.5. The van der Waals surface area contributed by atoms with Gasteiger partial charge in [0.05, 0.1) is 21.3 Å². The SMILES string of the molecule is O=C(O)c1cc(C(=O)O)c2cc(OCc3nc4ccccc4s3)ccc2n1. The molecule has 2 heterocycles. The van der Waals surface area contributed by atoms with Crippen molar-refractivity contribution in [3.05, 3.63) is 64.8 Å². The molecule has 2 N–H and O–H groups in total. The molecule has 0 radical (unpaired) electrons. The number of aromatic carboxylic acids is 2. The number of fused-ring (bicyclic) bond motifs is 2. The maximum absolute atomic E-state index is 11.5. The van der Waals surface area contributed by atoms with E-state index in [1.807, 2.05) is 24.3 Å². The Balaban J connectivity index is 1.66. The van der Waals surface area contributed by atoms with Crippen LogP contribution in [-0.2, 0) is 6.61 Å². The topological polar surface area (TPSA) is 110 Å². The van der Waals surface area contributed by atoms with Crippen molar-refractivity contribution in [2.24, 2.45) is 0 Å². The zero-order valence-electron chi connectivity index (χ0n) is 13.7. The van der Waals surface area contributed by atoms with Gasteiger partial charge in [-0.1, -0.05) is 12.1 Å². The first-order valence-corrected chi connectivity index (χ1v) is 8.71. The Hall–Kier alpha value is -3.52. The normalized spacial score (nSPS) is 11.0. The van der Waals surface area contributed by atoms with Gasteiger partial charge in [0.15, 0.2) is 0 Å². The molecule has 4 rings (SSSR count). The highest BCUT2D eigenvalue weighted by Gasteiger charge is 2.16. The number of hydrogen-bond donors (Lipinski definition) is 2. The molecule has 0 saturated carbocycles. The third-order valence-electron chi connectivity index (χ3n) is 3.93. The monoisotopic (exact) mass is 380 g/mol. The molecule has 0 spiro atoms. The predicted octanol–water partition coefficient (Wildman–Crippen LogP) is 3.82. The number of aromatic nitrogens is 2. The molecule has 0 unspecified atom stereocenters. The molecule has 7 nitrogen and oxygen atoms in total. The summed E-state index contributed by atoms with van der Waals surface area (Å²) in [7, 11) is 0. The molecule has 0 aliphatic carbocycles. The number of pyridine rings is 1. The van der Waals surface area contributed by atoms with Gasteiger partial charge < -0.3 is 14.9 Å². The van der Waals surface area contributed by atoms with E-state index < -0.39 is 11.9 Å². The summed E-state index contributed by atoms with van der Waals surface area (Å²) in [6, 6.07) is 13.5. The number of rotatable bonds is 5. The van der Waals surface area contributed by atoms with Crippen molar-refractivity contribution in [3.8, 4) is 5.75 Å². The molecule has 0 atom stereocenters. The van der Waals surface area contributed by atoms with Gasteiger partial charge in [-0.25, -0.2) is 19.6 Å². The molecule has 0 saturated heterocycles. The number of benzene rings is 2. The fraction of sp³-hybridized carbons (Fsp3) is 0.0526. The summed E-state index contributed by atoms with van der Waals surface area (Å²) in [6.45, 7) is 0.244. The van der Waals surface area contributed by atoms with Crippen LogP contribution in [0.1, 0.15) is 25.9 Å². The summed E-state index contributed by atoms with van der Waals surface area (Å²) >= 11 is 1.53. The second-order valence-corrected chi connectivity index (χ2v) is 6.82. The lowest BCUT2D eigenvalue weighted by Gasteiger charge is -2.08. The second kappa shape index (κ2) is 6.65. The van der Waals surface area contributed by atoms with Crippen LogP contribution in [0.3, 0.4) is 0 Å². The quantitative estimate of drug-likeness (QED) is 0.541. The molecule has 2 aromatic heterocycles. The summed E-state index contributed by atoms with van der Waals surface area (Å²) in [4.78, 5) is 31.1. The Bertz CT molecular complexity index is 1170. The number of carboxylic acid groups (broad SMARTS) is 2. The van der Waals surface area contributed by atoms with E-state index in [9.17, 15) is 14.7 Å². The fourth-order valence-electron chi connectivity index (χ4n) is 2.71. The van der Waals surface area contributed by atoms with E-state index in [4.69, 9.17) is 9.84 Å². The molecular formula is C19H12N2O5S. The van der Waals surface area contributed by atoms with Crippen LogP contribution in [0.15, 0.2) is 48.5 Å². The van der Waals surface area contributed by atoms with E-state index >= 15 is 0 Å². The summed E-state index contributed by atoms with van der Waals surface area (Å²) < 4.78 is 6.82. The van der Waals surface area contributed by atoms with Crippen LogP contribution in [-0.4, -0.2) is 32.1 Å². The number of para-hydroxylation sites is 1. The maximum Gasteiger partial charge on any atom is 0.354 e. The van der Waals surface area contributed by atoms with Crippen LogP contribution in [0.4, 0.5) is 0 Å². The van der Waals surface area contributed by atoms with E-state index in [0.29, 0.717) is 11.1 Å². The molecule has 0 fully saturated rings. The standard InChI is InChI=1S/C19H12N2O5S/c22-18(23)12-8-15(19(24)25)20-13-6-5-10(7-11(12)13)26-9-17-21-14-3-1-2-4-16(14)27-17/h1-8H,9H2,(H,22,23)(H,24,25). The second-order valence-electron chi connectivity index (χ2n) is 5.71. The van der Waals surface area contributed by atoms with Crippen molar-refractivity contribution < 1.29 is 24.5 Å². The Morgan fingerprint density at radius 1 is 0.963 bits per heavy atom. The number of carbonyl (C=O) groups is 2. The van der Waals surface area contributed by atoms with Crippen molar-refractivity contribution >= 4 is 44.4 Å². The zero-order valence-corrected chi connectivity index (χ0v) is 14.6. The average molecular weight is 380 g/mol. The Morgan fingerprint density at radius 2 is 1.78 bits per heavy atom. The van der Waals surface area contributed by atoms with E-state index in [1.54, 1.807) is 18.2 Å². The minimum atomic E-state index is -1.28. The molecule has 0 aliphatic rings. The molecule has 134 valence electrons. The van der Waals surface area contributed by atoms with Crippen LogP contribution >= 0.6 is 11.3 Å².